The van der Waals surface area contributed by atoms with Crippen molar-refractivity contribution in [3.05, 3.63) is 89.4 Å². The molecule has 166 valence electrons. The molecule has 4 rings (SSSR count). The summed E-state index contributed by atoms with van der Waals surface area (Å²) in [4.78, 5) is 32.1. The SMILES string of the molecule is COc1ccc2c(Oc3cccc(C(=O)NCc4ccnc(C(=O)O)c4)c3C)ccnc2c1. The summed E-state index contributed by atoms with van der Waals surface area (Å²) in [6.45, 7) is 1.98. The monoisotopic (exact) mass is 443 g/mol. The van der Waals surface area contributed by atoms with Gasteiger partial charge in [0.25, 0.3) is 5.91 Å². The van der Waals surface area contributed by atoms with E-state index in [1.54, 1.807) is 43.6 Å². The van der Waals surface area contributed by atoms with Gasteiger partial charge >= 0.3 is 5.97 Å². The maximum atomic E-state index is 12.8. The molecule has 33 heavy (non-hydrogen) atoms. The Balaban J connectivity index is 1.54. The molecule has 0 aliphatic carbocycles. The first-order valence-corrected chi connectivity index (χ1v) is 10.1. The van der Waals surface area contributed by atoms with Crippen LogP contribution in [0.3, 0.4) is 0 Å². The first kappa shape index (κ1) is 21.8. The van der Waals surface area contributed by atoms with Gasteiger partial charge in [0.2, 0.25) is 0 Å². The average Bonchev–Trinajstić information content (AvgIpc) is 2.83. The van der Waals surface area contributed by atoms with E-state index < -0.39 is 5.97 Å². The predicted molar refractivity (Wildman–Crippen MR) is 122 cm³/mol. The van der Waals surface area contributed by atoms with Gasteiger partial charge in [-0.3, -0.25) is 9.78 Å². The number of amides is 1. The van der Waals surface area contributed by atoms with Gasteiger partial charge in [-0.1, -0.05) is 6.07 Å². The quantitative estimate of drug-likeness (QED) is 0.436. The van der Waals surface area contributed by atoms with E-state index in [-0.39, 0.29) is 18.1 Å². The fourth-order valence-corrected chi connectivity index (χ4v) is 3.39. The lowest BCUT2D eigenvalue weighted by atomic mass is 10.1. The minimum absolute atomic E-state index is 0.0736. The highest BCUT2D eigenvalue weighted by Crippen LogP contribution is 2.33. The minimum Gasteiger partial charge on any atom is -0.497 e. The second kappa shape index (κ2) is 9.35. The van der Waals surface area contributed by atoms with Crippen LogP contribution in [0.5, 0.6) is 17.2 Å². The van der Waals surface area contributed by atoms with Gasteiger partial charge in [0.1, 0.15) is 22.9 Å². The number of aromatic nitrogens is 2. The molecule has 1 amide bonds. The molecule has 8 heteroatoms. The molecule has 2 N–H and O–H groups in total. The number of carbonyl (C=O) groups is 2. The van der Waals surface area contributed by atoms with Crippen LogP contribution in [0.2, 0.25) is 0 Å². The van der Waals surface area contributed by atoms with Crippen LogP contribution in [-0.4, -0.2) is 34.1 Å². The van der Waals surface area contributed by atoms with E-state index in [0.29, 0.717) is 33.9 Å². The molecule has 4 aromatic rings. The Labute approximate surface area is 189 Å². The highest BCUT2D eigenvalue weighted by molar-refractivity contribution is 5.96. The van der Waals surface area contributed by atoms with Crippen molar-refractivity contribution in [2.75, 3.05) is 7.11 Å². The number of carboxylic acid groups (broad SMARTS) is 1. The topological polar surface area (TPSA) is 111 Å². The minimum atomic E-state index is -1.12. The van der Waals surface area contributed by atoms with Gasteiger partial charge in [-0.05, 0) is 55.0 Å². The number of rotatable bonds is 7. The Kier molecular flexibility index (Phi) is 6.17. The van der Waals surface area contributed by atoms with E-state index in [1.165, 1.54) is 12.3 Å². The number of carbonyl (C=O) groups excluding carboxylic acids is 1. The van der Waals surface area contributed by atoms with Crippen molar-refractivity contribution in [1.29, 1.82) is 0 Å². The molecule has 0 aliphatic heterocycles. The predicted octanol–water partition coefficient (Wildman–Crippen LogP) is 4.37. The molecule has 0 aliphatic rings. The van der Waals surface area contributed by atoms with Gasteiger partial charge in [-0.2, -0.15) is 0 Å². The average molecular weight is 443 g/mol. The molecule has 0 bridgehead atoms. The molecule has 0 atom stereocenters. The number of methoxy groups -OCH3 is 1. The van der Waals surface area contributed by atoms with Crippen LogP contribution in [0.15, 0.2) is 67.0 Å². The number of fused-ring (bicyclic) bond motifs is 1. The van der Waals surface area contributed by atoms with Crippen molar-refractivity contribution in [1.82, 2.24) is 15.3 Å². The summed E-state index contributed by atoms with van der Waals surface area (Å²) in [5.41, 5.74) is 2.43. The maximum absolute atomic E-state index is 12.8. The maximum Gasteiger partial charge on any atom is 0.354 e. The lowest BCUT2D eigenvalue weighted by Gasteiger charge is -2.14. The molecule has 0 spiro atoms. The van der Waals surface area contributed by atoms with Gasteiger partial charge in [0.05, 0.1) is 12.6 Å². The third-order valence-electron chi connectivity index (χ3n) is 5.16. The van der Waals surface area contributed by atoms with Gasteiger partial charge in [0.15, 0.2) is 0 Å². The second-order valence-corrected chi connectivity index (χ2v) is 7.26. The Bertz CT molecular complexity index is 1350. The van der Waals surface area contributed by atoms with Crippen LogP contribution in [0.1, 0.15) is 32.0 Å². The summed E-state index contributed by atoms with van der Waals surface area (Å²) in [6.07, 6.45) is 3.06. The van der Waals surface area contributed by atoms with Crippen molar-refractivity contribution in [2.24, 2.45) is 0 Å². The number of nitrogens with one attached hydrogen (secondary N) is 1. The molecule has 8 nitrogen and oxygen atoms in total. The van der Waals surface area contributed by atoms with E-state index in [1.807, 2.05) is 25.1 Å². The number of carboxylic acids is 1. The number of hydrogen-bond acceptors (Lipinski definition) is 6. The second-order valence-electron chi connectivity index (χ2n) is 7.26. The lowest BCUT2D eigenvalue weighted by molar-refractivity contribution is 0.0690. The molecule has 2 aromatic heterocycles. The summed E-state index contributed by atoms with van der Waals surface area (Å²) >= 11 is 0. The normalized spacial score (nSPS) is 10.6. The Morgan fingerprint density at radius 1 is 1.00 bits per heavy atom. The van der Waals surface area contributed by atoms with E-state index in [2.05, 4.69) is 15.3 Å². The van der Waals surface area contributed by atoms with Gasteiger partial charge in [-0.15, -0.1) is 0 Å². The molecule has 0 fully saturated rings. The lowest BCUT2D eigenvalue weighted by Crippen LogP contribution is -2.24. The van der Waals surface area contributed by atoms with Crippen LogP contribution in [0.25, 0.3) is 10.9 Å². The first-order chi connectivity index (χ1) is 16.0. The van der Waals surface area contributed by atoms with Crippen LogP contribution in [-0.2, 0) is 6.54 Å². The van der Waals surface area contributed by atoms with Crippen LogP contribution >= 0.6 is 0 Å². The third-order valence-corrected chi connectivity index (χ3v) is 5.16. The van der Waals surface area contributed by atoms with Crippen molar-refractivity contribution < 1.29 is 24.2 Å². The van der Waals surface area contributed by atoms with Gasteiger partial charge < -0.3 is 19.9 Å². The summed E-state index contributed by atoms with van der Waals surface area (Å²) in [5, 5.41) is 12.7. The highest BCUT2D eigenvalue weighted by atomic mass is 16.5. The van der Waals surface area contributed by atoms with Crippen molar-refractivity contribution in [3.63, 3.8) is 0 Å². The molecule has 2 heterocycles. The Morgan fingerprint density at radius 2 is 1.82 bits per heavy atom. The van der Waals surface area contributed by atoms with Crippen molar-refractivity contribution >= 4 is 22.8 Å². The van der Waals surface area contributed by atoms with Crippen molar-refractivity contribution in [2.45, 2.75) is 13.5 Å². The molecular weight excluding hydrogens is 422 g/mol. The Morgan fingerprint density at radius 3 is 2.61 bits per heavy atom. The fraction of sp³-hybridized carbons (Fsp3) is 0.120. The van der Waals surface area contributed by atoms with Crippen LogP contribution < -0.4 is 14.8 Å². The summed E-state index contributed by atoms with van der Waals surface area (Å²) in [6, 6.07) is 15.6. The molecule has 2 aromatic carbocycles. The van der Waals surface area contributed by atoms with Crippen molar-refractivity contribution in [3.8, 4) is 17.2 Å². The zero-order chi connectivity index (χ0) is 23.4. The summed E-state index contributed by atoms with van der Waals surface area (Å²) in [7, 11) is 1.60. The molecule has 0 saturated heterocycles. The molecule has 0 radical (unpaired) electrons. The molecule has 0 saturated carbocycles. The highest BCUT2D eigenvalue weighted by Gasteiger charge is 2.15. The number of ether oxygens (including phenoxy) is 2. The number of pyridine rings is 2. The number of hydrogen-bond donors (Lipinski definition) is 2. The van der Waals surface area contributed by atoms with Crippen LogP contribution in [0, 0.1) is 6.92 Å². The van der Waals surface area contributed by atoms with E-state index in [0.717, 1.165) is 10.9 Å². The Hall–Kier alpha value is -4.46. The van der Waals surface area contributed by atoms with Crippen LogP contribution in [0.4, 0.5) is 0 Å². The van der Waals surface area contributed by atoms with E-state index in [4.69, 9.17) is 14.6 Å². The smallest absolute Gasteiger partial charge is 0.354 e. The standard InChI is InChI=1S/C25H21N3O5/c1-15-18(24(29)28-14-16-8-10-27-21(12-16)25(30)31)4-3-5-22(15)33-23-9-11-26-20-13-17(32-2)6-7-19(20)23/h3-13H,14H2,1-2H3,(H,28,29)(H,30,31). The first-order valence-electron chi connectivity index (χ1n) is 10.1. The fourth-order valence-electron chi connectivity index (χ4n) is 3.39. The summed E-state index contributed by atoms with van der Waals surface area (Å²) in [5.74, 6) is 0.443. The largest absolute Gasteiger partial charge is 0.497 e. The van der Waals surface area contributed by atoms with Gasteiger partial charge in [-0.25, -0.2) is 9.78 Å². The third kappa shape index (κ3) is 4.74. The molecule has 0 unspecified atom stereocenters. The summed E-state index contributed by atoms with van der Waals surface area (Å²) < 4.78 is 11.4. The number of benzene rings is 2. The van der Waals surface area contributed by atoms with E-state index in [9.17, 15) is 9.59 Å². The number of nitrogens with zero attached hydrogens (tertiary/aromatic N) is 2. The zero-order valence-corrected chi connectivity index (χ0v) is 18.0. The molecular formula is C25H21N3O5. The van der Waals surface area contributed by atoms with E-state index >= 15 is 0 Å². The number of aromatic carboxylic acids is 1. The zero-order valence-electron chi connectivity index (χ0n) is 18.0. The van der Waals surface area contributed by atoms with Gasteiger partial charge in [0, 0.05) is 41.5 Å².